The van der Waals surface area contributed by atoms with Gasteiger partial charge in [0, 0.05) is 17.3 Å². The molecule has 0 radical (unpaired) electrons. The molecular formula is C24H23NO2S. The summed E-state index contributed by atoms with van der Waals surface area (Å²) in [7, 11) is 0. The van der Waals surface area contributed by atoms with Crippen molar-refractivity contribution in [2.24, 2.45) is 0 Å². The Balaban J connectivity index is 1.29. The number of carbonyl (C=O) groups excluding carboxylic acids is 1. The highest BCUT2D eigenvalue weighted by Crippen LogP contribution is 2.44. The zero-order valence-electron chi connectivity index (χ0n) is 15.9. The van der Waals surface area contributed by atoms with E-state index in [1.54, 1.807) is 11.3 Å². The van der Waals surface area contributed by atoms with Crippen molar-refractivity contribution in [1.29, 1.82) is 0 Å². The third-order valence-corrected chi connectivity index (χ3v) is 6.08. The second-order valence-electron chi connectivity index (χ2n) is 6.91. The number of aryl methyl sites for hydroxylation is 1. The van der Waals surface area contributed by atoms with Crippen LogP contribution in [0, 0.1) is 6.92 Å². The molecule has 0 saturated heterocycles. The first-order valence-corrected chi connectivity index (χ1v) is 10.4. The first kappa shape index (κ1) is 18.5. The van der Waals surface area contributed by atoms with Crippen LogP contribution in [-0.2, 0) is 4.74 Å². The van der Waals surface area contributed by atoms with Crippen LogP contribution < -0.4 is 5.32 Å². The molecule has 0 unspecified atom stereocenters. The molecule has 0 bridgehead atoms. The molecule has 3 aromatic rings. The lowest BCUT2D eigenvalue weighted by atomic mass is 9.98. The number of amides is 1. The third kappa shape index (κ3) is 3.87. The van der Waals surface area contributed by atoms with Crippen LogP contribution in [0.1, 0.15) is 33.9 Å². The van der Waals surface area contributed by atoms with Gasteiger partial charge in [-0.2, -0.15) is 0 Å². The van der Waals surface area contributed by atoms with E-state index in [4.69, 9.17) is 4.74 Å². The summed E-state index contributed by atoms with van der Waals surface area (Å²) in [6.07, 6.45) is 4.62. The Morgan fingerprint density at radius 1 is 1.07 bits per heavy atom. The average Bonchev–Trinajstić information content (AvgIpc) is 3.27. The van der Waals surface area contributed by atoms with E-state index in [0.29, 0.717) is 13.2 Å². The molecule has 142 valence electrons. The van der Waals surface area contributed by atoms with Gasteiger partial charge >= 0.3 is 6.09 Å². The Morgan fingerprint density at radius 2 is 1.75 bits per heavy atom. The van der Waals surface area contributed by atoms with Crippen molar-refractivity contribution in [3.05, 3.63) is 87.6 Å². The van der Waals surface area contributed by atoms with Gasteiger partial charge in [-0.3, -0.25) is 0 Å². The van der Waals surface area contributed by atoms with Crippen molar-refractivity contribution < 1.29 is 9.53 Å². The predicted octanol–water partition coefficient (Wildman–Crippen LogP) is 6.00. The first-order chi connectivity index (χ1) is 13.7. The van der Waals surface area contributed by atoms with Crippen LogP contribution in [0.5, 0.6) is 0 Å². The van der Waals surface area contributed by atoms with Crippen molar-refractivity contribution in [3.63, 3.8) is 0 Å². The van der Waals surface area contributed by atoms with Gasteiger partial charge in [-0.15, -0.1) is 11.3 Å². The maximum atomic E-state index is 12.1. The summed E-state index contributed by atoms with van der Waals surface area (Å²) in [6, 6.07) is 18.8. The van der Waals surface area contributed by atoms with Gasteiger partial charge in [0.25, 0.3) is 0 Å². The Labute approximate surface area is 169 Å². The molecule has 0 fully saturated rings. The first-order valence-electron chi connectivity index (χ1n) is 9.53. The molecule has 0 aliphatic heterocycles. The number of hydrogen-bond acceptors (Lipinski definition) is 3. The summed E-state index contributed by atoms with van der Waals surface area (Å²) in [5.41, 5.74) is 6.21. The Kier molecular flexibility index (Phi) is 5.58. The molecule has 1 aromatic heterocycles. The second kappa shape index (κ2) is 8.44. The number of alkyl carbamates (subject to hydrolysis) is 1. The molecule has 1 N–H and O–H groups in total. The number of fused-ring (bicyclic) bond motifs is 3. The molecule has 1 amide bonds. The molecule has 28 heavy (non-hydrogen) atoms. The van der Waals surface area contributed by atoms with Crippen LogP contribution in [0.2, 0.25) is 0 Å². The average molecular weight is 390 g/mol. The van der Waals surface area contributed by atoms with Crippen LogP contribution in [-0.4, -0.2) is 19.2 Å². The molecule has 4 heteroatoms. The fourth-order valence-electron chi connectivity index (χ4n) is 3.65. The van der Waals surface area contributed by atoms with Gasteiger partial charge < -0.3 is 10.1 Å². The predicted molar refractivity (Wildman–Crippen MR) is 116 cm³/mol. The van der Waals surface area contributed by atoms with Crippen LogP contribution in [0.25, 0.3) is 17.2 Å². The highest BCUT2D eigenvalue weighted by Gasteiger charge is 2.28. The highest BCUT2D eigenvalue weighted by atomic mass is 32.1. The highest BCUT2D eigenvalue weighted by molar-refractivity contribution is 7.11. The standard InChI is InChI=1S/C24H23NO2S/c1-17-13-15-28-23(17)12-6-7-14-25-24(26)27-16-22-20-10-4-2-8-18(20)19-9-3-5-11-21(19)22/h2-6,8-13,15,22H,7,14,16H2,1H3,(H,25,26). The minimum atomic E-state index is -0.359. The van der Waals surface area contributed by atoms with Crippen LogP contribution in [0.4, 0.5) is 4.79 Å². The lowest BCUT2D eigenvalue weighted by Gasteiger charge is -2.14. The van der Waals surface area contributed by atoms with Gasteiger partial charge in [0.2, 0.25) is 0 Å². The molecule has 1 aliphatic rings. The van der Waals surface area contributed by atoms with Gasteiger partial charge in [-0.05, 0) is 58.7 Å². The molecule has 0 atom stereocenters. The smallest absolute Gasteiger partial charge is 0.407 e. The third-order valence-electron chi connectivity index (χ3n) is 5.09. The fraction of sp³-hybridized carbons (Fsp3) is 0.208. The van der Waals surface area contributed by atoms with Crippen molar-refractivity contribution in [3.8, 4) is 11.1 Å². The van der Waals surface area contributed by atoms with E-state index in [9.17, 15) is 4.79 Å². The second-order valence-corrected chi connectivity index (χ2v) is 7.86. The van der Waals surface area contributed by atoms with Crippen LogP contribution >= 0.6 is 11.3 Å². The zero-order chi connectivity index (χ0) is 19.3. The van der Waals surface area contributed by atoms with Gasteiger partial charge in [0.1, 0.15) is 6.61 Å². The van der Waals surface area contributed by atoms with Crippen LogP contribution in [0.3, 0.4) is 0 Å². The van der Waals surface area contributed by atoms with Crippen molar-refractivity contribution in [2.75, 3.05) is 13.2 Å². The fourth-order valence-corrected chi connectivity index (χ4v) is 4.50. The number of nitrogens with one attached hydrogen (secondary N) is 1. The normalized spacial score (nSPS) is 12.8. The van der Waals surface area contributed by atoms with E-state index in [-0.39, 0.29) is 12.0 Å². The number of ether oxygens (including phenoxy) is 1. The van der Waals surface area contributed by atoms with E-state index in [1.165, 1.54) is 32.7 Å². The van der Waals surface area contributed by atoms with E-state index >= 15 is 0 Å². The number of benzene rings is 2. The Bertz CT molecular complexity index is 960. The van der Waals surface area contributed by atoms with E-state index in [2.05, 4.69) is 72.2 Å². The molecule has 4 rings (SSSR count). The SMILES string of the molecule is Cc1ccsc1C=CCCNC(=O)OCC1c2ccccc2-c2ccccc21. The minimum absolute atomic E-state index is 0.0971. The molecule has 0 saturated carbocycles. The summed E-state index contributed by atoms with van der Waals surface area (Å²) in [5, 5.41) is 4.93. The minimum Gasteiger partial charge on any atom is -0.449 e. The van der Waals surface area contributed by atoms with Gasteiger partial charge in [0.05, 0.1) is 0 Å². The Hall–Kier alpha value is -2.85. The largest absolute Gasteiger partial charge is 0.449 e. The summed E-state index contributed by atoms with van der Waals surface area (Å²) in [4.78, 5) is 13.4. The number of thiophene rings is 1. The van der Waals surface area contributed by atoms with Gasteiger partial charge in [-0.1, -0.05) is 54.6 Å². The van der Waals surface area contributed by atoms with Crippen LogP contribution in [0.15, 0.2) is 66.1 Å². The maximum Gasteiger partial charge on any atom is 0.407 e. The Morgan fingerprint density at radius 3 is 2.39 bits per heavy atom. The van der Waals surface area contributed by atoms with E-state index in [0.717, 1.165) is 6.42 Å². The number of rotatable bonds is 6. The molecule has 1 heterocycles. The summed E-state index contributed by atoms with van der Waals surface area (Å²) >= 11 is 1.73. The maximum absolute atomic E-state index is 12.1. The molecule has 1 aliphatic carbocycles. The quantitative estimate of drug-likeness (QED) is 0.525. The summed E-state index contributed by atoms with van der Waals surface area (Å²) in [5.74, 6) is 0.0971. The molecule has 2 aromatic carbocycles. The van der Waals surface area contributed by atoms with E-state index < -0.39 is 0 Å². The van der Waals surface area contributed by atoms with Gasteiger partial charge in [0.15, 0.2) is 0 Å². The molecule has 0 spiro atoms. The monoisotopic (exact) mass is 389 g/mol. The molecule has 3 nitrogen and oxygen atoms in total. The van der Waals surface area contributed by atoms with Gasteiger partial charge in [-0.25, -0.2) is 4.79 Å². The topological polar surface area (TPSA) is 38.3 Å². The lowest BCUT2D eigenvalue weighted by Crippen LogP contribution is -2.26. The zero-order valence-corrected chi connectivity index (χ0v) is 16.7. The lowest BCUT2D eigenvalue weighted by molar-refractivity contribution is 0.143. The van der Waals surface area contributed by atoms with Crippen molar-refractivity contribution >= 4 is 23.5 Å². The summed E-state index contributed by atoms with van der Waals surface area (Å²) < 4.78 is 5.54. The number of hydrogen-bond donors (Lipinski definition) is 1. The number of carbonyl (C=O) groups is 1. The van der Waals surface area contributed by atoms with Crippen molar-refractivity contribution in [1.82, 2.24) is 5.32 Å². The van der Waals surface area contributed by atoms with E-state index in [1.807, 2.05) is 12.1 Å². The molecular weight excluding hydrogens is 366 g/mol. The van der Waals surface area contributed by atoms with Crippen molar-refractivity contribution in [2.45, 2.75) is 19.3 Å². The summed E-state index contributed by atoms with van der Waals surface area (Å²) in [6.45, 7) is 3.02.